The minimum absolute atomic E-state index is 0.0952. The highest BCUT2D eigenvalue weighted by Gasteiger charge is 2.14. The molecule has 1 atom stereocenters. The summed E-state index contributed by atoms with van der Waals surface area (Å²) in [7, 11) is 1.89. The van der Waals surface area contributed by atoms with Crippen molar-refractivity contribution < 1.29 is 9.34 Å². The third-order valence-electron chi connectivity index (χ3n) is 3.15. The third kappa shape index (κ3) is 2.82. The molecule has 2 rings (SSSR count). The van der Waals surface area contributed by atoms with Gasteiger partial charge in [-0.3, -0.25) is 14.8 Å². The van der Waals surface area contributed by atoms with Gasteiger partial charge in [0.1, 0.15) is 10.7 Å². The van der Waals surface area contributed by atoms with E-state index in [-0.39, 0.29) is 11.9 Å². The molecule has 1 N–H and O–H groups in total. The Hall–Kier alpha value is -2.15. The molecule has 7 nitrogen and oxygen atoms in total. The van der Waals surface area contributed by atoms with Crippen LogP contribution in [0.2, 0.25) is 0 Å². The Bertz CT molecular complexity index is 588. The smallest absolute Gasteiger partial charge is 0.404 e. The molecular formula is C12H16N4O3. The van der Waals surface area contributed by atoms with Crippen LogP contribution in [-0.2, 0) is 13.6 Å². The first kappa shape index (κ1) is 13.3. The summed E-state index contributed by atoms with van der Waals surface area (Å²) in [5, 5.41) is 17.9. The van der Waals surface area contributed by atoms with E-state index in [4.69, 9.17) is 4.42 Å². The monoisotopic (exact) mass is 264 g/mol. The predicted molar refractivity (Wildman–Crippen MR) is 68.6 cm³/mol. The molecule has 0 saturated carbocycles. The zero-order chi connectivity index (χ0) is 14.0. The van der Waals surface area contributed by atoms with Gasteiger partial charge in [0, 0.05) is 24.3 Å². The van der Waals surface area contributed by atoms with Crippen molar-refractivity contribution in [1.82, 2.24) is 15.1 Å². The molecule has 0 aliphatic heterocycles. The topological polar surface area (TPSA) is 86.1 Å². The molecule has 2 aromatic heterocycles. The van der Waals surface area contributed by atoms with Crippen LogP contribution in [0.3, 0.4) is 0 Å². The maximum atomic E-state index is 10.5. The number of furan rings is 1. The Morgan fingerprint density at radius 3 is 2.84 bits per heavy atom. The molecular weight excluding hydrogens is 248 g/mol. The van der Waals surface area contributed by atoms with E-state index in [2.05, 4.69) is 10.4 Å². The normalized spacial score (nSPS) is 12.6. The number of hydrogen-bond acceptors (Lipinski definition) is 5. The molecule has 2 aromatic rings. The third-order valence-corrected chi connectivity index (χ3v) is 3.15. The number of aromatic nitrogens is 2. The van der Waals surface area contributed by atoms with Crippen LogP contribution in [0.25, 0.3) is 0 Å². The lowest BCUT2D eigenvalue weighted by Gasteiger charge is -2.12. The van der Waals surface area contributed by atoms with Crippen molar-refractivity contribution in [3.05, 3.63) is 45.5 Å². The van der Waals surface area contributed by atoms with Crippen LogP contribution in [0.15, 0.2) is 22.7 Å². The van der Waals surface area contributed by atoms with Crippen LogP contribution in [-0.4, -0.2) is 14.7 Å². The number of rotatable bonds is 5. The number of hydrogen-bond donors (Lipinski definition) is 1. The second-order valence-corrected chi connectivity index (χ2v) is 4.41. The fourth-order valence-electron chi connectivity index (χ4n) is 1.86. The molecule has 19 heavy (non-hydrogen) atoms. The SMILES string of the molecule is Cc1c(C(C)NCc2ccc([N+](=O)[O-])o2)cnn1C. The van der Waals surface area contributed by atoms with E-state index in [1.807, 2.05) is 31.8 Å². The first-order chi connectivity index (χ1) is 8.99. The number of aryl methyl sites for hydroxylation is 1. The Morgan fingerprint density at radius 1 is 1.58 bits per heavy atom. The average molecular weight is 264 g/mol. The van der Waals surface area contributed by atoms with Crippen LogP contribution >= 0.6 is 0 Å². The molecule has 2 heterocycles. The molecule has 0 spiro atoms. The summed E-state index contributed by atoms with van der Waals surface area (Å²) in [4.78, 5) is 9.96. The molecule has 1 unspecified atom stereocenters. The quantitative estimate of drug-likeness (QED) is 0.660. The van der Waals surface area contributed by atoms with E-state index < -0.39 is 4.92 Å². The summed E-state index contributed by atoms with van der Waals surface area (Å²) in [6.45, 7) is 4.45. The van der Waals surface area contributed by atoms with Crippen molar-refractivity contribution in [3.63, 3.8) is 0 Å². The second-order valence-electron chi connectivity index (χ2n) is 4.41. The molecule has 0 bridgehead atoms. The highest BCUT2D eigenvalue weighted by Crippen LogP contribution is 2.19. The van der Waals surface area contributed by atoms with E-state index in [1.54, 1.807) is 6.07 Å². The van der Waals surface area contributed by atoms with E-state index >= 15 is 0 Å². The van der Waals surface area contributed by atoms with Crippen LogP contribution < -0.4 is 5.32 Å². The fraction of sp³-hybridized carbons (Fsp3) is 0.417. The largest absolute Gasteiger partial charge is 0.433 e. The van der Waals surface area contributed by atoms with Crippen LogP contribution in [0.4, 0.5) is 5.88 Å². The van der Waals surface area contributed by atoms with Gasteiger partial charge in [0.2, 0.25) is 0 Å². The van der Waals surface area contributed by atoms with Crippen molar-refractivity contribution >= 4 is 5.88 Å². The zero-order valence-corrected chi connectivity index (χ0v) is 11.1. The van der Waals surface area contributed by atoms with Gasteiger partial charge in [-0.25, -0.2) is 0 Å². The predicted octanol–water partition coefficient (Wildman–Crippen LogP) is 2.08. The first-order valence-corrected chi connectivity index (χ1v) is 5.94. The highest BCUT2D eigenvalue weighted by atomic mass is 16.6. The maximum Gasteiger partial charge on any atom is 0.433 e. The first-order valence-electron chi connectivity index (χ1n) is 5.94. The summed E-state index contributed by atoms with van der Waals surface area (Å²) in [6.07, 6.45) is 1.82. The number of nitro groups is 1. The van der Waals surface area contributed by atoms with Gasteiger partial charge in [0.15, 0.2) is 0 Å². The molecule has 0 saturated heterocycles. The molecule has 0 aliphatic carbocycles. The minimum Gasteiger partial charge on any atom is -0.404 e. The maximum absolute atomic E-state index is 10.5. The number of nitrogens with one attached hydrogen (secondary N) is 1. The van der Waals surface area contributed by atoms with Gasteiger partial charge in [0.05, 0.1) is 18.8 Å². The van der Waals surface area contributed by atoms with E-state index in [1.165, 1.54) is 6.07 Å². The van der Waals surface area contributed by atoms with Crippen LogP contribution in [0, 0.1) is 17.0 Å². The second kappa shape index (κ2) is 5.23. The minimum atomic E-state index is -0.543. The van der Waals surface area contributed by atoms with E-state index in [0.29, 0.717) is 12.3 Å². The Morgan fingerprint density at radius 2 is 2.32 bits per heavy atom. The summed E-state index contributed by atoms with van der Waals surface area (Å²) in [5.74, 6) is 0.308. The van der Waals surface area contributed by atoms with Gasteiger partial charge in [0.25, 0.3) is 0 Å². The van der Waals surface area contributed by atoms with Crippen LogP contribution in [0.1, 0.15) is 30.0 Å². The van der Waals surface area contributed by atoms with Gasteiger partial charge in [-0.15, -0.1) is 0 Å². The Labute approximate surface area is 110 Å². The zero-order valence-electron chi connectivity index (χ0n) is 11.1. The summed E-state index contributed by atoms with van der Waals surface area (Å²) in [5.41, 5.74) is 2.19. The van der Waals surface area contributed by atoms with Gasteiger partial charge in [-0.2, -0.15) is 5.10 Å². The Kier molecular flexibility index (Phi) is 3.66. The molecule has 7 heteroatoms. The standard InChI is InChI=1S/C12H16N4O3/c1-8(11-7-14-15(3)9(11)2)13-6-10-4-5-12(19-10)16(17)18/h4-5,7-8,13H,6H2,1-3H3. The van der Waals surface area contributed by atoms with Crippen molar-refractivity contribution in [2.75, 3.05) is 0 Å². The van der Waals surface area contributed by atoms with Gasteiger partial charge >= 0.3 is 5.88 Å². The Balaban J connectivity index is 1.98. The molecule has 0 aliphatic rings. The fourth-order valence-corrected chi connectivity index (χ4v) is 1.86. The molecule has 0 amide bonds. The van der Waals surface area contributed by atoms with Crippen molar-refractivity contribution in [3.8, 4) is 0 Å². The van der Waals surface area contributed by atoms with Gasteiger partial charge in [-0.1, -0.05) is 0 Å². The average Bonchev–Trinajstić information content (AvgIpc) is 2.95. The van der Waals surface area contributed by atoms with Crippen molar-refractivity contribution in [2.45, 2.75) is 26.4 Å². The summed E-state index contributed by atoms with van der Waals surface area (Å²) >= 11 is 0. The summed E-state index contributed by atoms with van der Waals surface area (Å²) in [6, 6.07) is 3.06. The summed E-state index contributed by atoms with van der Waals surface area (Å²) < 4.78 is 6.90. The molecule has 102 valence electrons. The molecule has 0 fully saturated rings. The highest BCUT2D eigenvalue weighted by molar-refractivity contribution is 5.21. The molecule has 0 aromatic carbocycles. The van der Waals surface area contributed by atoms with E-state index in [0.717, 1.165) is 11.3 Å². The lowest BCUT2D eigenvalue weighted by molar-refractivity contribution is -0.402. The van der Waals surface area contributed by atoms with Crippen LogP contribution in [0.5, 0.6) is 0 Å². The van der Waals surface area contributed by atoms with Gasteiger partial charge in [-0.05, 0) is 19.9 Å². The van der Waals surface area contributed by atoms with Gasteiger partial charge < -0.3 is 9.73 Å². The van der Waals surface area contributed by atoms with Crippen molar-refractivity contribution in [2.24, 2.45) is 7.05 Å². The lowest BCUT2D eigenvalue weighted by atomic mass is 10.1. The lowest BCUT2D eigenvalue weighted by Crippen LogP contribution is -2.18. The number of nitrogens with zero attached hydrogens (tertiary/aromatic N) is 3. The molecule has 0 radical (unpaired) electrons. The van der Waals surface area contributed by atoms with E-state index in [9.17, 15) is 10.1 Å². The van der Waals surface area contributed by atoms with Crippen molar-refractivity contribution in [1.29, 1.82) is 0 Å².